The quantitative estimate of drug-likeness (QED) is 0.839. The number of nitrogen functional groups attached to an aromatic ring is 1. The molecule has 2 aliphatic rings. The third kappa shape index (κ3) is 4.40. The summed E-state index contributed by atoms with van der Waals surface area (Å²) in [4.78, 5) is 17.6. The summed E-state index contributed by atoms with van der Waals surface area (Å²) >= 11 is 0. The van der Waals surface area contributed by atoms with Crippen LogP contribution in [0.3, 0.4) is 0 Å². The number of benzene rings is 1. The van der Waals surface area contributed by atoms with Crippen molar-refractivity contribution in [1.82, 2.24) is 9.80 Å². The summed E-state index contributed by atoms with van der Waals surface area (Å²) in [7, 11) is 0. The normalized spacial score (nSPS) is 21.0. The summed E-state index contributed by atoms with van der Waals surface area (Å²) < 4.78 is 0. The molecule has 3 rings (SSSR count). The molecule has 0 radical (unpaired) electrons. The Balaban J connectivity index is 1.53. The van der Waals surface area contributed by atoms with Crippen molar-refractivity contribution in [3.05, 3.63) is 28.8 Å². The van der Waals surface area contributed by atoms with Gasteiger partial charge in [-0.2, -0.15) is 0 Å². The first kappa shape index (κ1) is 19.2. The van der Waals surface area contributed by atoms with Gasteiger partial charge in [-0.05, 0) is 49.8 Å². The molecule has 2 N–H and O–H groups in total. The van der Waals surface area contributed by atoms with E-state index in [4.69, 9.17) is 5.73 Å². The number of nitrogens with two attached hydrogens (primary N) is 1. The molecule has 1 saturated heterocycles. The van der Waals surface area contributed by atoms with Crippen molar-refractivity contribution < 1.29 is 4.79 Å². The molecule has 1 aliphatic heterocycles. The van der Waals surface area contributed by atoms with E-state index in [9.17, 15) is 4.79 Å². The number of amides is 1. The first-order valence-corrected chi connectivity index (χ1v) is 10.3. The Hall–Kier alpha value is -1.55. The van der Waals surface area contributed by atoms with Crippen LogP contribution in [0.4, 0.5) is 5.69 Å². The van der Waals surface area contributed by atoms with Crippen LogP contribution in [0.5, 0.6) is 0 Å². The number of carbonyl (C=O) groups is 1. The second-order valence-electron chi connectivity index (χ2n) is 8.40. The lowest BCUT2D eigenvalue weighted by Crippen LogP contribution is -2.53. The lowest BCUT2D eigenvalue weighted by molar-refractivity contribution is -0.137. The molecule has 4 heteroatoms. The largest absolute Gasteiger partial charge is 0.398 e. The summed E-state index contributed by atoms with van der Waals surface area (Å²) in [6.45, 7) is 10.0. The molecule has 1 aliphatic carbocycles. The fraction of sp³-hybridized carbons (Fsp3) is 0.682. The van der Waals surface area contributed by atoms with Crippen LogP contribution < -0.4 is 5.73 Å². The summed E-state index contributed by atoms with van der Waals surface area (Å²) in [5, 5.41) is 0. The molecule has 0 aromatic heterocycles. The number of aryl methyl sites for hydroxylation is 2. The van der Waals surface area contributed by atoms with Crippen molar-refractivity contribution in [1.29, 1.82) is 0 Å². The zero-order valence-corrected chi connectivity index (χ0v) is 16.8. The minimum absolute atomic E-state index is 0.0265. The van der Waals surface area contributed by atoms with Gasteiger partial charge in [0.1, 0.15) is 0 Å². The highest BCUT2D eigenvalue weighted by molar-refractivity contribution is 5.79. The number of carbonyl (C=O) groups excluding carboxylic acids is 1. The lowest BCUT2D eigenvalue weighted by Gasteiger charge is -2.41. The predicted octanol–water partition coefficient (Wildman–Crippen LogP) is 3.54. The van der Waals surface area contributed by atoms with E-state index in [0.717, 1.165) is 55.5 Å². The Kier molecular flexibility index (Phi) is 6.23. The van der Waals surface area contributed by atoms with Crippen molar-refractivity contribution in [2.75, 3.05) is 31.9 Å². The highest BCUT2D eigenvalue weighted by atomic mass is 16.2. The Morgan fingerprint density at radius 2 is 1.65 bits per heavy atom. The maximum atomic E-state index is 12.9. The minimum atomic E-state index is 0.0265. The molecule has 0 spiro atoms. The average molecular weight is 358 g/mol. The third-order valence-corrected chi connectivity index (χ3v) is 6.33. The van der Waals surface area contributed by atoms with Crippen molar-refractivity contribution in [3.63, 3.8) is 0 Å². The summed E-state index contributed by atoms with van der Waals surface area (Å²) in [6.07, 6.45) is 7.64. The molecule has 1 heterocycles. The fourth-order valence-electron chi connectivity index (χ4n) is 4.69. The molecule has 0 bridgehead atoms. The fourth-order valence-corrected chi connectivity index (χ4v) is 4.69. The zero-order chi connectivity index (χ0) is 18.7. The van der Waals surface area contributed by atoms with Gasteiger partial charge in [-0.3, -0.25) is 9.69 Å². The van der Waals surface area contributed by atoms with Gasteiger partial charge in [0, 0.05) is 43.8 Å². The van der Waals surface area contributed by atoms with Crippen LogP contribution in [0.25, 0.3) is 0 Å². The zero-order valence-electron chi connectivity index (χ0n) is 16.8. The molecule has 4 nitrogen and oxygen atoms in total. The Bertz CT molecular complexity index is 605. The van der Waals surface area contributed by atoms with Crippen molar-refractivity contribution in [2.24, 2.45) is 5.92 Å². The van der Waals surface area contributed by atoms with E-state index in [1.165, 1.54) is 37.7 Å². The van der Waals surface area contributed by atoms with Crippen LogP contribution in [0.15, 0.2) is 12.1 Å². The van der Waals surface area contributed by atoms with Gasteiger partial charge in [0.05, 0.1) is 0 Å². The standard InChI is InChI=1S/C22H35N3O/c1-16-13-19(14-17(2)21(16)23)15-18(3)22(26)25-11-9-24(10-12-25)20-7-5-4-6-8-20/h13-14,18,20H,4-12,15,23H2,1-3H3/t18-/m1/s1. The number of anilines is 1. The molecule has 1 atom stereocenters. The number of piperazine rings is 1. The van der Waals surface area contributed by atoms with Gasteiger partial charge < -0.3 is 10.6 Å². The topological polar surface area (TPSA) is 49.6 Å². The molecule has 144 valence electrons. The molecular weight excluding hydrogens is 322 g/mol. The molecule has 0 unspecified atom stereocenters. The van der Waals surface area contributed by atoms with E-state index in [1.807, 2.05) is 13.8 Å². The van der Waals surface area contributed by atoms with Crippen LogP contribution in [0.2, 0.25) is 0 Å². The second-order valence-corrected chi connectivity index (χ2v) is 8.40. The van der Waals surface area contributed by atoms with Crippen molar-refractivity contribution in [2.45, 2.75) is 65.3 Å². The predicted molar refractivity (Wildman–Crippen MR) is 108 cm³/mol. The van der Waals surface area contributed by atoms with E-state index in [-0.39, 0.29) is 5.92 Å². The molecule has 1 aromatic rings. The maximum absolute atomic E-state index is 12.9. The second kappa shape index (κ2) is 8.43. The molecule has 2 fully saturated rings. The van der Waals surface area contributed by atoms with E-state index < -0.39 is 0 Å². The number of hydrogen-bond donors (Lipinski definition) is 1. The van der Waals surface area contributed by atoms with Crippen molar-refractivity contribution >= 4 is 11.6 Å². The maximum Gasteiger partial charge on any atom is 0.225 e. The van der Waals surface area contributed by atoms with Gasteiger partial charge in [-0.1, -0.05) is 38.3 Å². The Labute approximate surface area is 158 Å². The minimum Gasteiger partial charge on any atom is -0.398 e. The highest BCUT2D eigenvalue weighted by Gasteiger charge is 2.28. The molecule has 26 heavy (non-hydrogen) atoms. The number of hydrogen-bond acceptors (Lipinski definition) is 3. The first-order chi connectivity index (χ1) is 12.5. The van der Waals surface area contributed by atoms with Crippen LogP contribution >= 0.6 is 0 Å². The van der Waals surface area contributed by atoms with Gasteiger partial charge in [0.15, 0.2) is 0 Å². The third-order valence-electron chi connectivity index (χ3n) is 6.33. The van der Waals surface area contributed by atoms with E-state index in [1.54, 1.807) is 0 Å². The van der Waals surface area contributed by atoms with Crippen LogP contribution in [0.1, 0.15) is 55.7 Å². The highest BCUT2D eigenvalue weighted by Crippen LogP contribution is 2.25. The van der Waals surface area contributed by atoms with Crippen molar-refractivity contribution in [3.8, 4) is 0 Å². The van der Waals surface area contributed by atoms with E-state index in [0.29, 0.717) is 5.91 Å². The van der Waals surface area contributed by atoms with E-state index >= 15 is 0 Å². The summed E-state index contributed by atoms with van der Waals surface area (Å²) in [5.41, 5.74) is 10.4. The summed E-state index contributed by atoms with van der Waals surface area (Å²) in [6, 6.07) is 5.03. The van der Waals surface area contributed by atoms with E-state index in [2.05, 4.69) is 28.9 Å². The van der Waals surface area contributed by atoms with Gasteiger partial charge in [0.2, 0.25) is 5.91 Å². The average Bonchev–Trinajstić information content (AvgIpc) is 2.66. The monoisotopic (exact) mass is 357 g/mol. The number of nitrogens with zero attached hydrogens (tertiary/aromatic N) is 2. The van der Waals surface area contributed by atoms with Gasteiger partial charge in [0.25, 0.3) is 0 Å². The lowest BCUT2D eigenvalue weighted by atomic mass is 9.93. The molecule has 1 aromatic carbocycles. The molecule has 1 amide bonds. The summed E-state index contributed by atoms with van der Waals surface area (Å²) in [5.74, 6) is 0.332. The molecular formula is C22H35N3O. The Morgan fingerprint density at radius 1 is 1.08 bits per heavy atom. The van der Waals surface area contributed by atoms with Gasteiger partial charge >= 0.3 is 0 Å². The van der Waals surface area contributed by atoms with Crippen LogP contribution in [0, 0.1) is 19.8 Å². The first-order valence-electron chi connectivity index (χ1n) is 10.3. The Morgan fingerprint density at radius 3 is 2.23 bits per heavy atom. The SMILES string of the molecule is Cc1cc(C[C@@H](C)C(=O)N2CCN(C3CCCCC3)CC2)cc(C)c1N. The van der Waals surface area contributed by atoms with Crippen LogP contribution in [-0.4, -0.2) is 47.9 Å². The number of rotatable bonds is 4. The van der Waals surface area contributed by atoms with Gasteiger partial charge in [-0.15, -0.1) is 0 Å². The smallest absolute Gasteiger partial charge is 0.225 e. The van der Waals surface area contributed by atoms with Crippen LogP contribution in [-0.2, 0) is 11.2 Å². The van der Waals surface area contributed by atoms with Gasteiger partial charge in [-0.25, -0.2) is 0 Å². The molecule has 1 saturated carbocycles.